The Morgan fingerprint density at radius 1 is 1.29 bits per heavy atom. The summed E-state index contributed by atoms with van der Waals surface area (Å²) in [4.78, 5) is 46.5. The zero-order valence-corrected chi connectivity index (χ0v) is 18.4. The highest BCUT2D eigenvalue weighted by atomic mass is 32.1. The summed E-state index contributed by atoms with van der Waals surface area (Å²) in [6, 6.07) is 7.39. The predicted octanol–water partition coefficient (Wildman–Crippen LogP) is 3.67. The van der Waals surface area contributed by atoms with Crippen molar-refractivity contribution in [2.45, 2.75) is 58.5 Å². The Morgan fingerprint density at radius 2 is 2.10 bits per heavy atom. The van der Waals surface area contributed by atoms with Gasteiger partial charge in [-0.05, 0) is 62.8 Å². The number of fused-ring (bicyclic) bond motifs is 3. The van der Waals surface area contributed by atoms with Crippen molar-refractivity contribution in [3.8, 4) is 0 Å². The van der Waals surface area contributed by atoms with Gasteiger partial charge < -0.3 is 15.0 Å². The summed E-state index contributed by atoms with van der Waals surface area (Å²) in [5, 5.41) is 3.44. The number of rotatable bonds is 6. The quantitative estimate of drug-likeness (QED) is 0.571. The zero-order valence-electron chi connectivity index (χ0n) is 17.6. The molecule has 1 amide bonds. The molecular weight excluding hydrogens is 414 g/mol. The van der Waals surface area contributed by atoms with Gasteiger partial charge in [0.1, 0.15) is 10.7 Å². The van der Waals surface area contributed by atoms with Crippen molar-refractivity contribution in [3.05, 3.63) is 56.4 Å². The number of benzene rings is 1. The van der Waals surface area contributed by atoms with Crippen LogP contribution in [0.5, 0.6) is 0 Å². The van der Waals surface area contributed by atoms with Gasteiger partial charge in [-0.3, -0.25) is 14.4 Å². The molecule has 0 unspecified atom stereocenters. The fourth-order valence-corrected chi connectivity index (χ4v) is 5.10. The lowest BCUT2D eigenvalue weighted by Crippen LogP contribution is -2.30. The van der Waals surface area contributed by atoms with Crippen molar-refractivity contribution in [1.82, 2.24) is 9.97 Å². The van der Waals surface area contributed by atoms with E-state index in [1.165, 1.54) is 11.8 Å². The van der Waals surface area contributed by atoms with Crippen LogP contribution in [-0.4, -0.2) is 27.9 Å². The monoisotopic (exact) mass is 439 g/mol. The third-order valence-electron chi connectivity index (χ3n) is 5.40. The van der Waals surface area contributed by atoms with Crippen molar-refractivity contribution in [3.63, 3.8) is 0 Å². The van der Waals surface area contributed by atoms with E-state index >= 15 is 0 Å². The molecule has 2 aromatic heterocycles. The smallest absolute Gasteiger partial charge is 0.307 e. The first-order chi connectivity index (χ1) is 14.9. The molecule has 162 valence electrons. The third-order valence-corrected chi connectivity index (χ3v) is 6.59. The maximum Gasteiger partial charge on any atom is 0.307 e. The number of anilines is 1. The number of carbonyl (C=O) groups is 2. The van der Waals surface area contributed by atoms with Crippen LogP contribution in [0.25, 0.3) is 10.2 Å². The second-order valence-electron chi connectivity index (χ2n) is 7.89. The van der Waals surface area contributed by atoms with E-state index in [1.807, 2.05) is 25.1 Å². The van der Waals surface area contributed by atoms with Crippen LogP contribution in [0.1, 0.15) is 48.0 Å². The average Bonchev–Trinajstić information content (AvgIpc) is 3.11. The van der Waals surface area contributed by atoms with E-state index in [0.717, 1.165) is 41.6 Å². The first-order valence-corrected chi connectivity index (χ1v) is 11.3. The average molecular weight is 440 g/mol. The molecule has 2 heterocycles. The number of nitrogens with zero attached hydrogens (tertiary/aromatic N) is 1. The van der Waals surface area contributed by atoms with Gasteiger partial charge in [0.25, 0.3) is 11.5 Å². The van der Waals surface area contributed by atoms with Gasteiger partial charge in [0, 0.05) is 17.0 Å². The first kappa shape index (κ1) is 21.2. The second kappa shape index (κ2) is 9.01. The molecular formula is C23H25N3O4S. The maximum atomic E-state index is 12.6. The topological polar surface area (TPSA) is 101 Å². The molecule has 0 saturated carbocycles. The van der Waals surface area contributed by atoms with Gasteiger partial charge >= 0.3 is 5.97 Å². The molecule has 0 spiro atoms. The Bertz CT molecular complexity index is 1200. The lowest BCUT2D eigenvalue weighted by Gasteiger charge is -2.13. The number of hydrogen-bond donors (Lipinski definition) is 2. The SMILES string of the molecule is Cc1cccc(NC(=O)[C@@H](C)OC(=O)CCc2nc3sc4c(c3c(=O)[nH]2)CCCC4)c1. The summed E-state index contributed by atoms with van der Waals surface area (Å²) in [6.45, 7) is 3.46. The van der Waals surface area contributed by atoms with Crippen molar-refractivity contribution in [1.29, 1.82) is 0 Å². The molecule has 31 heavy (non-hydrogen) atoms. The van der Waals surface area contributed by atoms with Crippen LogP contribution in [-0.2, 0) is 33.6 Å². The Labute approximate surface area is 183 Å². The molecule has 1 aliphatic rings. The molecule has 1 aliphatic carbocycles. The van der Waals surface area contributed by atoms with E-state index < -0.39 is 18.0 Å². The van der Waals surface area contributed by atoms with E-state index in [2.05, 4.69) is 15.3 Å². The second-order valence-corrected chi connectivity index (χ2v) is 8.98. The molecule has 0 bridgehead atoms. The highest BCUT2D eigenvalue weighted by Crippen LogP contribution is 2.33. The largest absolute Gasteiger partial charge is 0.453 e. The number of ether oxygens (including phenoxy) is 1. The van der Waals surface area contributed by atoms with E-state index in [1.54, 1.807) is 17.4 Å². The molecule has 1 aromatic carbocycles. The number of hydrogen-bond acceptors (Lipinski definition) is 6. The molecule has 8 heteroatoms. The van der Waals surface area contributed by atoms with E-state index in [-0.39, 0.29) is 18.4 Å². The fourth-order valence-electron chi connectivity index (χ4n) is 3.82. The van der Waals surface area contributed by atoms with Crippen LogP contribution in [0, 0.1) is 6.92 Å². The number of carbonyl (C=O) groups excluding carboxylic acids is 2. The molecule has 0 radical (unpaired) electrons. The first-order valence-electron chi connectivity index (χ1n) is 10.5. The summed E-state index contributed by atoms with van der Waals surface area (Å²) in [6.07, 6.45) is 3.52. The Kier molecular flexibility index (Phi) is 6.18. The summed E-state index contributed by atoms with van der Waals surface area (Å²) in [5.41, 5.74) is 2.67. The minimum atomic E-state index is -0.925. The van der Waals surface area contributed by atoms with Crippen LogP contribution < -0.4 is 10.9 Å². The van der Waals surface area contributed by atoms with Crippen LogP contribution >= 0.6 is 11.3 Å². The van der Waals surface area contributed by atoms with Gasteiger partial charge in [0.2, 0.25) is 0 Å². The van der Waals surface area contributed by atoms with Crippen LogP contribution in [0.2, 0.25) is 0 Å². The van der Waals surface area contributed by atoms with Gasteiger partial charge in [-0.2, -0.15) is 0 Å². The van der Waals surface area contributed by atoms with Crippen molar-refractivity contribution < 1.29 is 14.3 Å². The van der Waals surface area contributed by atoms with Gasteiger partial charge in [-0.25, -0.2) is 4.98 Å². The Morgan fingerprint density at radius 3 is 2.90 bits per heavy atom. The number of aromatic nitrogens is 2. The highest BCUT2D eigenvalue weighted by molar-refractivity contribution is 7.18. The number of thiophene rings is 1. The van der Waals surface area contributed by atoms with Crippen molar-refractivity contribution in [2.75, 3.05) is 5.32 Å². The summed E-state index contributed by atoms with van der Waals surface area (Å²) < 4.78 is 5.25. The van der Waals surface area contributed by atoms with E-state index in [0.29, 0.717) is 16.9 Å². The molecule has 0 saturated heterocycles. The maximum absolute atomic E-state index is 12.6. The molecule has 3 aromatic rings. The number of aryl methyl sites for hydroxylation is 4. The molecule has 4 rings (SSSR count). The minimum absolute atomic E-state index is 0.0294. The number of amides is 1. The summed E-state index contributed by atoms with van der Waals surface area (Å²) >= 11 is 1.58. The lowest BCUT2D eigenvalue weighted by molar-refractivity contribution is -0.153. The molecule has 2 N–H and O–H groups in total. The zero-order chi connectivity index (χ0) is 22.0. The minimum Gasteiger partial charge on any atom is -0.453 e. The Hall–Kier alpha value is -3.00. The number of esters is 1. The summed E-state index contributed by atoms with van der Waals surface area (Å²) in [5.74, 6) is -0.443. The number of nitrogens with one attached hydrogen (secondary N) is 2. The van der Waals surface area contributed by atoms with Crippen LogP contribution in [0.3, 0.4) is 0 Å². The lowest BCUT2D eigenvalue weighted by atomic mass is 9.97. The van der Waals surface area contributed by atoms with Crippen molar-refractivity contribution in [2.24, 2.45) is 0 Å². The van der Waals surface area contributed by atoms with Gasteiger partial charge in [0.15, 0.2) is 6.10 Å². The van der Waals surface area contributed by atoms with E-state index in [9.17, 15) is 14.4 Å². The third kappa shape index (κ3) is 4.85. The predicted molar refractivity (Wildman–Crippen MR) is 121 cm³/mol. The van der Waals surface area contributed by atoms with E-state index in [4.69, 9.17) is 4.74 Å². The Balaban J connectivity index is 1.35. The van der Waals surface area contributed by atoms with Gasteiger partial charge in [-0.1, -0.05) is 12.1 Å². The van der Waals surface area contributed by atoms with Gasteiger partial charge in [0.05, 0.1) is 11.8 Å². The van der Waals surface area contributed by atoms with Crippen LogP contribution in [0.4, 0.5) is 5.69 Å². The normalized spacial score (nSPS) is 14.1. The standard InChI is InChI=1S/C23H25N3O4S/c1-13-6-5-7-15(12-13)24-21(28)14(2)30-19(27)11-10-18-25-22(29)20-16-8-3-4-9-17(16)31-23(20)26-18/h5-7,12,14H,3-4,8-11H2,1-2H3,(H,24,28)(H,25,26,29)/t14-/m1/s1. The molecule has 0 fully saturated rings. The summed E-state index contributed by atoms with van der Waals surface area (Å²) in [7, 11) is 0. The van der Waals surface area contributed by atoms with Gasteiger partial charge in [-0.15, -0.1) is 11.3 Å². The van der Waals surface area contributed by atoms with Crippen LogP contribution in [0.15, 0.2) is 29.1 Å². The fraction of sp³-hybridized carbons (Fsp3) is 0.391. The molecule has 7 nitrogen and oxygen atoms in total. The number of aromatic amines is 1. The molecule has 1 atom stereocenters. The number of H-pyrrole nitrogens is 1. The highest BCUT2D eigenvalue weighted by Gasteiger charge is 2.21. The van der Waals surface area contributed by atoms with Crippen molar-refractivity contribution >= 4 is 39.1 Å². The molecule has 0 aliphatic heterocycles.